The third-order valence-corrected chi connectivity index (χ3v) is 1.67. The molecule has 1 aliphatic carbocycles. The zero-order valence-corrected chi connectivity index (χ0v) is 6.17. The molecule has 1 nitrogen and oxygen atoms in total. The SMILES string of the molecule is CC1C=CC(CC#N)=CC1. The topological polar surface area (TPSA) is 23.8 Å². The van der Waals surface area contributed by atoms with E-state index in [1.54, 1.807) is 0 Å². The summed E-state index contributed by atoms with van der Waals surface area (Å²) in [6.45, 7) is 2.18. The molecule has 52 valence electrons. The molecule has 0 saturated heterocycles. The molecule has 0 N–H and O–H groups in total. The Morgan fingerprint density at radius 3 is 3.10 bits per heavy atom. The first kappa shape index (κ1) is 7.08. The lowest BCUT2D eigenvalue weighted by Crippen LogP contribution is -1.93. The van der Waals surface area contributed by atoms with Crippen LogP contribution in [0.5, 0.6) is 0 Å². The average molecular weight is 133 g/mol. The Balaban J connectivity index is 2.52. The van der Waals surface area contributed by atoms with Crippen LogP contribution < -0.4 is 0 Å². The van der Waals surface area contributed by atoms with E-state index in [1.165, 1.54) is 5.57 Å². The second kappa shape index (κ2) is 3.22. The third kappa shape index (κ3) is 1.73. The van der Waals surface area contributed by atoms with Gasteiger partial charge in [0.15, 0.2) is 0 Å². The van der Waals surface area contributed by atoms with E-state index in [2.05, 4.69) is 31.2 Å². The quantitative estimate of drug-likeness (QED) is 0.539. The van der Waals surface area contributed by atoms with Gasteiger partial charge in [-0.2, -0.15) is 5.26 Å². The Labute approximate surface area is 61.7 Å². The summed E-state index contributed by atoms with van der Waals surface area (Å²) in [6.07, 6.45) is 8.01. The fourth-order valence-electron chi connectivity index (χ4n) is 0.994. The molecular weight excluding hydrogens is 122 g/mol. The highest BCUT2D eigenvalue weighted by Gasteiger charge is 2.01. The molecule has 0 aromatic carbocycles. The van der Waals surface area contributed by atoms with Crippen LogP contribution in [0.3, 0.4) is 0 Å². The van der Waals surface area contributed by atoms with Gasteiger partial charge in [-0.3, -0.25) is 0 Å². The summed E-state index contributed by atoms with van der Waals surface area (Å²) < 4.78 is 0. The van der Waals surface area contributed by atoms with Gasteiger partial charge < -0.3 is 0 Å². The van der Waals surface area contributed by atoms with Gasteiger partial charge >= 0.3 is 0 Å². The summed E-state index contributed by atoms with van der Waals surface area (Å²) >= 11 is 0. The monoisotopic (exact) mass is 133 g/mol. The molecule has 0 heterocycles. The van der Waals surface area contributed by atoms with E-state index in [1.807, 2.05) is 0 Å². The molecule has 1 heteroatoms. The molecule has 0 aromatic rings. The summed E-state index contributed by atoms with van der Waals surface area (Å²) in [7, 11) is 0. The minimum Gasteiger partial charge on any atom is -0.198 e. The van der Waals surface area contributed by atoms with Gasteiger partial charge in [0.25, 0.3) is 0 Å². The summed E-state index contributed by atoms with van der Waals surface area (Å²) in [4.78, 5) is 0. The van der Waals surface area contributed by atoms with Crippen molar-refractivity contribution in [1.29, 1.82) is 5.26 Å². The number of nitriles is 1. The lowest BCUT2D eigenvalue weighted by molar-refractivity contribution is 0.729. The van der Waals surface area contributed by atoms with E-state index >= 15 is 0 Å². The molecule has 0 amide bonds. The zero-order valence-electron chi connectivity index (χ0n) is 6.17. The van der Waals surface area contributed by atoms with E-state index in [4.69, 9.17) is 5.26 Å². The molecule has 1 unspecified atom stereocenters. The van der Waals surface area contributed by atoms with Gasteiger partial charge in [0.1, 0.15) is 0 Å². The number of allylic oxidation sites excluding steroid dienone is 4. The van der Waals surface area contributed by atoms with E-state index in [0.717, 1.165) is 6.42 Å². The first-order chi connectivity index (χ1) is 4.83. The van der Waals surface area contributed by atoms with E-state index in [0.29, 0.717) is 12.3 Å². The van der Waals surface area contributed by atoms with Gasteiger partial charge in [0.05, 0.1) is 12.5 Å². The van der Waals surface area contributed by atoms with Gasteiger partial charge in [0.2, 0.25) is 0 Å². The first-order valence-corrected chi connectivity index (χ1v) is 3.57. The molecule has 0 aromatic heterocycles. The van der Waals surface area contributed by atoms with Crippen molar-refractivity contribution >= 4 is 0 Å². The van der Waals surface area contributed by atoms with Crippen LogP contribution in [0.25, 0.3) is 0 Å². The normalized spacial score (nSPS) is 23.6. The van der Waals surface area contributed by atoms with Crippen molar-refractivity contribution in [3.05, 3.63) is 23.8 Å². The molecule has 1 aliphatic rings. The number of nitrogens with zero attached hydrogens (tertiary/aromatic N) is 1. The van der Waals surface area contributed by atoms with Crippen LogP contribution in [0, 0.1) is 17.2 Å². The van der Waals surface area contributed by atoms with Crippen LogP contribution in [0.4, 0.5) is 0 Å². The lowest BCUT2D eigenvalue weighted by Gasteiger charge is -2.08. The van der Waals surface area contributed by atoms with Crippen molar-refractivity contribution < 1.29 is 0 Å². The molecule has 0 radical (unpaired) electrons. The molecule has 0 spiro atoms. The maximum Gasteiger partial charge on any atom is 0.0669 e. The predicted molar refractivity (Wildman–Crippen MR) is 41.2 cm³/mol. The fourth-order valence-corrected chi connectivity index (χ4v) is 0.994. The highest BCUT2D eigenvalue weighted by atomic mass is 14.2. The van der Waals surface area contributed by atoms with Crippen molar-refractivity contribution in [2.75, 3.05) is 0 Å². The summed E-state index contributed by atoms with van der Waals surface area (Å²) in [6, 6.07) is 2.13. The van der Waals surface area contributed by atoms with Crippen molar-refractivity contribution in [3.63, 3.8) is 0 Å². The van der Waals surface area contributed by atoms with Crippen LogP contribution in [-0.4, -0.2) is 0 Å². The van der Waals surface area contributed by atoms with Gasteiger partial charge in [-0.1, -0.05) is 25.2 Å². The van der Waals surface area contributed by atoms with E-state index in [-0.39, 0.29) is 0 Å². The number of rotatable bonds is 1. The van der Waals surface area contributed by atoms with Crippen LogP contribution >= 0.6 is 0 Å². The maximum atomic E-state index is 8.36. The highest BCUT2D eigenvalue weighted by molar-refractivity contribution is 5.25. The largest absolute Gasteiger partial charge is 0.198 e. The maximum absolute atomic E-state index is 8.36. The Hall–Kier alpha value is -1.03. The third-order valence-electron chi connectivity index (χ3n) is 1.67. The van der Waals surface area contributed by atoms with E-state index < -0.39 is 0 Å². The molecule has 0 aliphatic heterocycles. The lowest BCUT2D eigenvalue weighted by atomic mass is 9.97. The Kier molecular flexibility index (Phi) is 2.28. The van der Waals surface area contributed by atoms with Crippen molar-refractivity contribution in [3.8, 4) is 6.07 Å². The summed E-state index contributed by atoms with van der Waals surface area (Å²) in [5.41, 5.74) is 1.17. The van der Waals surface area contributed by atoms with Crippen molar-refractivity contribution in [2.45, 2.75) is 19.8 Å². The van der Waals surface area contributed by atoms with Crippen molar-refractivity contribution in [1.82, 2.24) is 0 Å². The number of hydrogen-bond donors (Lipinski definition) is 0. The molecule has 0 fully saturated rings. The standard InChI is InChI=1S/C9H11N/c1-8-2-4-9(5-3-8)6-7-10/h2,4-5,8H,3,6H2,1H3. The van der Waals surface area contributed by atoms with Crippen LogP contribution in [-0.2, 0) is 0 Å². The summed E-state index contributed by atoms with van der Waals surface area (Å²) in [5.74, 6) is 0.655. The Morgan fingerprint density at radius 2 is 2.60 bits per heavy atom. The average Bonchev–Trinajstić information content (AvgIpc) is 1.95. The molecule has 1 rings (SSSR count). The zero-order chi connectivity index (χ0) is 7.40. The fraction of sp³-hybridized carbons (Fsp3) is 0.444. The van der Waals surface area contributed by atoms with Gasteiger partial charge in [0, 0.05) is 0 Å². The van der Waals surface area contributed by atoms with Crippen LogP contribution in [0.1, 0.15) is 19.8 Å². The minimum absolute atomic E-state index is 0.559. The Morgan fingerprint density at radius 1 is 1.80 bits per heavy atom. The molecule has 1 atom stereocenters. The molecule has 0 bridgehead atoms. The second-order valence-corrected chi connectivity index (χ2v) is 2.69. The molecule has 0 saturated carbocycles. The van der Waals surface area contributed by atoms with Crippen LogP contribution in [0.2, 0.25) is 0 Å². The van der Waals surface area contributed by atoms with E-state index in [9.17, 15) is 0 Å². The van der Waals surface area contributed by atoms with Crippen LogP contribution in [0.15, 0.2) is 23.8 Å². The smallest absolute Gasteiger partial charge is 0.0669 e. The molecule has 10 heavy (non-hydrogen) atoms. The first-order valence-electron chi connectivity index (χ1n) is 3.57. The summed E-state index contributed by atoms with van der Waals surface area (Å²) in [5, 5.41) is 8.36. The minimum atomic E-state index is 0.559. The van der Waals surface area contributed by atoms with Gasteiger partial charge in [-0.05, 0) is 17.9 Å². The second-order valence-electron chi connectivity index (χ2n) is 2.69. The highest BCUT2D eigenvalue weighted by Crippen LogP contribution is 2.16. The molecular formula is C9H11N. The van der Waals surface area contributed by atoms with Crippen molar-refractivity contribution in [2.24, 2.45) is 5.92 Å². The predicted octanol–water partition coefficient (Wildman–Crippen LogP) is 2.42. The number of hydrogen-bond acceptors (Lipinski definition) is 1. The Bertz CT molecular complexity index is 205. The van der Waals surface area contributed by atoms with Gasteiger partial charge in [-0.25, -0.2) is 0 Å². The van der Waals surface area contributed by atoms with Gasteiger partial charge in [-0.15, -0.1) is 0 Å².